The van der Waals surface area contributed by atoms with E-state index in [9.17, 15) is 4.79 Å². The van der Waals surface area contributed by atoms with E-state index in [2.05, 4.69) is 4.90 Å². The number of methoxy groups -OCH3 is 1. The molecule has 28 heavy (non-hydrogen) atoms. The molecule has 0 radical (unpaired) electrons. The van der Waals surface area contributed by atoms with Gasteiger partial charge in [0.1, 0.15) is 11.3 Å². The first-order valence-corrected chi connectivity index (χ1v) is 10.2. The number of amides is 1. The fraction of sp³-hybridized carbons (Fsp3) is 0.364. The number of nitrogens with zero attached hydrogens (tertiary/aromatic N) is 3. The van der Waals surface area contributed by atoms with Crippen molar-refractivity contribution < 1.29 is 9.53 Å². The summed E-state index contributed by atoms with van der Waals surface area (Å²) in [6.45, 7) is 5.55. The van der Waals surface area contributed by atoms with Gasteiger partial charge in [-0.15, -0.1) is 0 Å². The minimum atomic E-state index is -0.00530. The predicted octanol–water partition coefficient (Wildman–Crippen LogP) is 4.52. The minimum Gasteiger partial charge on any atom is -0.494 e. The molecule has 0 atom stereocenters. The van der Waals surface area contributed by atoms with Crippen molar-refractivity contribution in [2.24, 2.45) is 0 Å². The van der Waals surface area contributed by atoms with Gasteiger partial charge >= 0.3 is 0 Å². The van der Waals surface area contributed by atoms with Gasteiger partial charge in [0.05, 0.1) is 11.8 Å². The van der Waals surface area contributed by atoms with E-state index < -0.39 is 0 Å². The van der Waals surface area contributed by atoms with Gasteiger partial charge in [-0.05, 0) is 64.7 Å². The summed E-state index contributed by atoms with van der Waals surface area (Å²) in [6.07, 6.45) is 0.872. The molecule has 3 rings (SSSR count). The summed E-state index contributed by atoms with van der Waals surface area (Å²) >= 11 is 1.53. The van der Waals surface area contributed by atoms with Crippen LogP contribution in [0.4, 0.5) is 5.13 Å². The molecule has 5 nitrogen and oxygen atoms in total. The van der Waals surface area contributed by atoms with Gasteiger partial charge in [-0.1, -0.05) is 35.1 Å². The molecule has 6 heteroatoms. The maximum atomic E-state index is 13.4. The molecule has 0 bridgehead atoms. The number of aromatic nitrogens is 1. The third-order valence-electron chi connectivity index (χ3n) is 4.67. The number of para-hydroxylation sites is 1. The minimum absolute atomic E-state index is 0.00530. The smallest absolute Gasteiger partial charge is 0.260 e. The van der Waals surface area contributed by atoms with Gasteiger partial charge in [0.25, 0.3) is 5.91 Å². The van der Waals surface area contributed by atoms with E-state index in [4.69, 9.17) is 9.72 Å². The van der Waals surface area contributed by atoms with Crippen molar-refractivity contribution in [3.63, 3.8) is 0 Å². The summed E-state index contributed by atoms with van der Waals surface area (Å²) in [5.74, 6) is 0.724. The first-order chi connectivity index (χ1) is 13.4. The summed E-state index contributed by atoms with van der Waals surface area (Å²) in [4.78, 5) is 22.1. The van der Waals surface area contributed by atoms with Crippen LogP contribution in [0.15, 0.2) is 36.4 Å². The van der Waals surface area contributed by atoms with Crippen molar-refractivity contribution in [3.05, 3.63) is 53.1 Å². The number of hydrogen-bond acceptors (Lipinski definition) is 5. The first kappa shape index (κ1) is 20.3. The second-order valence-electron chi connectivity index (χ2n) is 7.24. The highest BCUT2D eigenvalue weighted by molar-refractivity contribution is 7.22. The molecule has 0 aliphatic heterocycles. The molecule has 0 aliphatic carbocycles. The molecule has 0 unspecified atom stereocenters. The van der Waals surface area contributed by atoms with Crippen molar-refractivity contribution in [2.45, 2.75) is 20.3 Å². The van der Waals surface area contributed by atoms with Crippen molar-refractivity contribution in [2.75, 3.05) is 39.2 Å². The zero-order valence-electron chi connectivity index (χ0n) is 17.2. The Morgan fingerprint density at radius 2 is 1.93 bits per heavy atom. The summed E-state index contributed by atoms with van der Waals surface area (Å²) < 4.78 is 6.46. The lowest BCUT2D eigenvalue weighted by Crippen LogP contribution is -2.33. The molecule has 0 aliphatic rings. The molecule has 0 saturated carbocycles. The van der Waals surface area contributed by atoms with Crippen LogP contribution in [0, 0.1) is 13.8 Å². The Balaban J connectivity index is 2.00. The number of anilines is 1. The van der Waals surface area contributed by atoms with Gasteiger partial charge in [0.2, 0.25) is 0 Å². The number of carbonyl (C=O) groups is 1. The average Bonchev–Trinajstić information content (AvgIpc) is 3.08. The monoisotopic (exact) mass is 397 g/mol. The van der Waals surface area contributed by atoms with Crippen LogP contribution in [0.2, 0.25) is 0 Å². The Bertz CT molecular complexity index is 981. The molecule has 3 aromatic rings. The van der Waals surface area contributed by atoms with Gasteiger partial charge in [-0.25, -0.2) is 4.98 Å². The molecule has 0 saturated heterocycles. The quantitative estimate of drug-likeness (QED) is 0.588. The van der Waals surface area contributed by atoms with Crippen molar-refractivity contribution in [1.82, 2.24) is 9.88 Å². The van der Waals surface area contributed by atoms with E-state index in [1.807, 2.05) is 69.2 Å². The maximum Gasteiger partial charge on any atom is 0.260 e. The van der Waals surface area contributed by atoms with Crippen molar-refractivity contribution >= 4 is 32.6 Å². The topological polar surface area (TPSA) is 45.7 Å². The first-order valence-electron chi connectivity index (χ1n) is 9.38. The molecule has 1 heterocycles. The van der Waals surface area contributed by atoms with E-state index in [0.29, 0.717) is 11.7 Å². The van der Waals surface area contributed by atoms with Crippen LogP contribution in [0.1, 0.15) is 27.9 Å². The highest BCUT2D eigenvalue weighted by Crippen LogP contribution is 2.34. The summed E-state index contributed by atoms with van der Waals surface area (Å²) in [6, 6.07) is 11.8. The number of ether oxygens (including phenoxy) is 1. The van der Waals surface area contributed by atoms with Crippen LogP contribution >= 0.6 is 11.3 Å². The number of rotatable bonds is 7. The number of fused-ring (bicyclic) bond motifs is 1. The fourth-order valence-corrected chi connectivity index (χ4v) is 4.23. The van der Waals surface area contributed by atoms with E-state index in [-0.39, 0.29) is 5.91 Å². The van der Waals surface area contributed by atoms with Gasteiger partial charge in [0, 0.05) is 12.1 Å². The maximum absolute atomic E-state index is 13.4. The van der Waals surface area contributed by atoms with Gasteiger partial charge in [-0.2, -0.15) is 0 Å². The number of thiazole rings is 1. The van der Waals surface area contributed by atoms with E-state index in [1.165, 1.54) is 11.3 Å². The van der Waals surface area contributed by atoms with E-state index in [0.717, 1.165) is 45.6 Å². The molecule has 2 aromatic carbocycles. The van der Waals surface area contributed by atoms with Crippen LogP contribution in [0.25, 0.3) is 10.2 Å². The second kappa shape index (κ2) is 8.71. The van der Waals surface area contributed by atoms with E-state index >= 15 is 0 Å². The summed E-state index contributed by atoms with van der Waals surface area (Å²) in [5.41, 5.74) is 3.66. The number of benzene rings is 2. The Kier molecular flexibility index (Phi) is 6.31. The average molecular weight is 398 g/mol. The molecular formula is C22H27N3O2S. The van der Waals surface area contributed by atoms with Crippen molar-refractivity contribution in [3.8, 4) is 5.75 Å². The zero-order chi connectivity index (χ0) is 20.3. The Hall–Kier alpha value is -2.44. The molecule has 0 fully saturated rings. The van der Waals surface area contributed by atoms with Crippen LogP contribution in [0.5, 0.6) is 5.75 Å². The third-order valence-corrected chi connectivity index (χ3v) is 5.71. The molecule has 148 valence electrons. The second-order valence-corrected chi connectivity index (χ2v) is 8.24. The molecule has 1 aromatic heterocycles. The third kappa shape index (κ3) is 4.34. The van der Waals surface area contributed by atoms with Crippen LogP contribution in [0.3, 0.4) is 0 Å². The largest absolute Gasteiger partial charge is 0.494 e. The van der Waals surface area contributed by atoms with Gasteiger partial charge < -0.3 is 9.64 Å². The SMILES string of the molecule is COc1cccc2sc(N(CCCN(C)C)C(=O)c3ccc(C)cc3C)nc12. The van der Waals surface area contributed by atoms with Crippen LogP contribution in [-0.2, 0) is 0 Å². The number of carbonyl (C=O) groups excluding carboxylic acids is 1. The summed E-state index contributed by atoms with van der Waals surface area (Å²) in [5, 5.41) is 0.711. The van der Waals surface area contributed by atoms with Crippen molar-refractivity contribution in [1.29, 1.82) is 0 Å². The standard InChI is InChI=1S/C22H27N3O2S/c1-15-10-11-17(16(2)14-15)21(26)25(13-7-12-24(3)4)22-23-20-18(27-5)8-6-9-19(20)28-22/h6,8-11,14H,7,12-13H2,1-5H3. The fourth-order valence-electron chi connectivity index (χ4n) is 3.22. The van der Waals surface area contributed by atoms with Gasteiger partial charge in [-0.3, -0.25) is 9.69 Å². The number of aryl methyl sites for hydroxylation is 2. The predicted molar refractivity (Wildman–Crippen MR) is 117 cm³/mol. The molecule has 1 amide bonds. The van der Waals surface area contributed by atoms with E-state index in [1.54, 1.807) is 7.11 Å². The highest BCUT2D eigenvalue weighted by Gasteiger charge is 2.23. The highest BCUT2D eigenvalue weighted by atomic mass is 32.1. The zero-order valence-corrected chi connectivity index (χ0v) is 18.0. The molecule has 0 spiro atoms. The van der Waals surface area contributed by atoms with Crippen LogP contribution in [-0.4, -0.2) is 50.1 Å². The summed E-state index contributed by atoms with van der Waals surface area (Å²) in [7, 11) is 5.72. The lowest BCUT2D eigenvalue weighted by Gasteiger charge is -2.22. The molecular weight excluding hydrogens is 370 g/mol. The number of hydrogen-bond donors (Lipinski definition) is 0. The lowest BCUT2D eigenvalue weighted by molar-refractivity contribution is 0.0985. The Morgan fingerprint density at radius 1 is 1.14 bits per heavy atom. The lowest BCUT2D eigenvalue weighted by atomic mass is 10.0. The Labute approximate surface area is 170 Å². The Morgan fingerprint density at radius 3 is 2.61 bits per heavy atom. The van der Waals surface area contributed by atoms with Gasteiger partial charge in [0.15, 0.2) is 5.13 Å². The normalized spacial score (nSPS) is 11.2. The van der Waals surface area contributed by atoms with Crippen LogP contribution < -0.4 is 9.64 Å². The molecule has 0 N–H and O–H groups in total.